The summed E-state index contributed by atoms with van der Waals surface area (Å²) >= 11 is 0. The third kappa shape index (κ3) is 12.5. The monoisotopic (exact) mass is 197 g/mol. The molecule has 0 unspecified atom stereocenters. The van der Waals surface area contributed by atoms with Crippen LogP contribution in [0.25, 0.3) is 0 Å². The number of carbonyl (C=O) groups excluding carboxylic acids is 3. The Labute approximate surface area is 81.5 Å². The van der Waals surface area contributed by atoms with Gasteiger partial charge in [0, 0.05) is 12.2 Å². The fraction of sp³-hybridized carbons (Fsp3) is 0. The molecule has 5 heteroatoms. The number of amides is 1. The van der Waals surface area contributed by atoms with Crippen LogP contribution in [0, 0.1) is 0 Å². The lowest BCUT2D eigenvalue weighted by Gasteiger charge is -1.90. The van der Waals surface area contributed by atoms with Gasteiger partial charge in [-0.25, -0.2) is 9.59 Å². The highest BCUT2D eigenvalue weighted by molar-refractivity contribution is 5.95. The maximum absolute atomic E-state index is 10.2. The van der Waals surface area contributed by atoms with Crippen LogP contribution in [0.1, 0.15) is 0 Å². The zero-order valence-corrected chi connectivity index (χ0v) is 7.56. The van der Waals surface area contributed by atoms with E-state index in [9.17, 15) is 14.4 Å². The van der Waals surface area contributed by atoms with Gasteiger partial charge in [-0.3, -0.25) is 4.79 Å². The van der Waals surface area contributed by atoms with Crippen LogP contribution in [-0.4, -0.2) is 17.8 Å². The molecule has 0 saturated heterocycles. The van der Waals surface area contributed by atoms with Crippen molar-refractivity contribution in [1.82, 2.24) is 0 Å². The summed E-state index contributed by atoms with van der Waals surface area (Å²) in [5.41, 5.74) is 4.53. The Morgan fingerprint density at radius 1 is 0.929 bits per heavy atom. The summed E-state index contributed by atoms with van der Waals surface area (Å²) in [6.45, 7) is 9.26. The third-order valence-corrected chi connectivity index (χ3v) is 0.736. The summed E-state index contributed by atoms with van der Waals surface area (Å²) in [6.07, 6.45) is 2.86. The van der Waals surface area contributed by atoms with Crippen molar-refractivity contribution in [2.24, 2.45) is 5.73 Å². The molecule has 0 heterocycles. The van der Waals surface area contributed by atoms with Crippen molar-refractivity contribution in [3.05, 3.63) is 38.0 Å². The molecule has 0 aromatic carbocycles. The molecule has 76 valence electrons. The summed E-state index contributed by atoms with van der Waals surface area (Å²) in [4.78, 5) is 29.8. The van der Waals surface area contributed by atoms with Gasteiger partial charge in [0.15, 0.2) is 0 Å². The van der Waals surface area contributed by atoms with E-state index in [1.165, 1.54) is 0 Å². The first-order chi connectivity index (χ1) is 6.47. The molecule has 0 saturated carbocycles. The van der Waals surface area contributed by atoms with Gasteiger partial charge in [0.1, 0.15) is 0 Å². The molecule has 0 bridgehead atoms. The maximum atomic E-state index is 10.2. The highest BCUT2D eigenvalue weighted by Crippen LogP contribution is 1.80. The molecule has 0 rings (SSSR count). The van der Waals surface area contributed by atoms with Crippen LogP contribution in [0.15, 0.2) is 38.0 Å². The molecule has 0 aliphatic carbocycles. The van der Waals surface area contributed by atoms with Gasteiger partial charge in [-0.2, -0.15) is 0 Å². The SMILES string of the molecule is C=CC(=O)OC(=O)C=C.C=CC(N)=O. The smallest absolute Gasteiger partial charge is 0.338 e. The molecule has 0 aliphatic rings. The normalized spacial score (nSPS) is 7.14. The first-order valence-corrected chi connectivity index (χ1v) is 3.40. The Bertz CT molecular complexity index is 250. The van der Waals surface area contributed by atoms with Crippen molar-refractivity contribution < 1.29 is 19.1 Å². The second kappa shape index (κ2) is 8.92. The number of primary amides is 1. The fourth-order valence-electron chi connectivity index (χ4n) is 0.182. The topological polar surface area (TPSA) is 86.5 Å². The summed E-state index contributed by atoms with van der Waals surface area (Å²) in [7, 11) is 0. The molecule has 5 nitrogen and oxygen atoms in total. The number of carbonyl (C=O) groups is 3. The van der Waals surface area contributed by atoms with E-state index in [2.05, 4.69) is 30.2 Å². The second-order valence-corrected chi connectivity index (χ2v) is 1.75. The lowest BCUT2D eigenvalue weighted by molar-refractivity contribution is -0.152. The van der Waals surface area contributed by atoms with Crippen molar-refractivity contribution in [3.63, 3.8) is 0 Å². The van der Waals surface area contributed by atoms with Gasteiger partial charge in [-0.1, -0.05) is 19.7 Å². The van der Waals surface area contributed by atoms with E-state index in [0.717, 1.165) is 18.2 Å². The van der Waals surface area contributed by atoms with Gasteiger partial charge in [-0.05, 0) is 6.08 Å². The third-order valence-electron chi connectivity index (χ3n) is 0.736. The Kier molecular flexibility index (Phi) is 9.15. The molecule has 14 heavy (non-hydrogen) atoms. The van der Waals surface area contributed by atoms with E-state index in [1.807, 2.05) is 0 Å². The maximum Gasteiger partial charge on any atom is 0.338 e. The lowest BCUT2D eigenvalue weighted by atomic mass is 10.6. The largest absolute Gasteiger partial charge is 0.387 e. The van der Waals surface area contributed by atoms with Crippen LogP contribution in [0.2, 0.25) is 0 Å². The number of hydrogen-bond acceptors (Lipinski definition) is 4. The summed E-state index contributed by atoms with van der Waals surface area (Å²) in [5, 5.41) is 0. The van der Waals surface area contributed by atoms with Crippen LogP contribution in [0.5, 0.6) is 0 Å². The molecule has 0 fully saturated rings. The van der Waals surface area contributed by atoms with Crippen LogP contribution in [0.4, 0.5) is 0 Å². The minimum Gasteiger partial charge on any atom is -0.387 e. The Hall–Kier alpha value is -2.17. The Morgan fingerprint density at radius 3 is 1.36 bits per heavy atom. The van der Waals surface area contributed by atoms with Crippen molar-refractivity contribution in [3.8, 4) is 0 Å². The quantitative estimate of drug-likeness (QED) is 0.394. The van der Waals surface area contributed by atoms with Crippen molar-refractivity contribution in [2.75, 3.05) is 0 Å². The Morgan fingerprint density at radius 2 is 1.21 bits per heavy atom. The van der Waals surface area contributed by atoms with Gasteiger partial charge in [0.2, 0.25) is 5.91 Å². The number of hydrogen-bond donors (Lipinski definition) is 1. The fourth-order valence-corrected chi connectivity index (χ4v) is 0.182. The number of ether oxygens (including phenoxy) is 1. The van der Waals surface area contributed by atoms with E-state index < -0.39 is 17.8 Å². The Balaban J connectivity index is 0. The van der Waals surface area contributed by atoms with Crippen LogP contribution < -0.4 is 5.73 Å². The van der Waals surface area contributed by atoms with Gasteiger partial charge >= 0.3 is 11.9 Å². The average molecular weight is 197 g/mol. The standard InChI is InChI=1S/C6H6O3.C3H5NO/c1-3-5(7)9-6(8)4-2;1-2-3(4)5/h3-4H,1-2H2;2H,1H2,(H2,4,5). The first-order valence-electron chi connectivity index (χ1n) is 3.40. The average Bonchev–Trinajstić information content (AvgIpc) is 2.18. The molecule has 0 aliphatic heterocycles. The highest BCUT2D eigenvalue weighted by Gasteiger charge is 1.99. The molecule has 0 atom stereocenters. The van der Waals surface area contributed by atoms with Gasteiger partial charge in [-0.15, -0.1) is 0 Å². The van der Waals surface area contributed by atoms with Gasteiger partial charge in [0.05, 0.1) is 0 Å². The molecule has 0 radical (unpaired) electrons. The van der Waals surface area contributed by atoms with Gasteiger partial charge < -0.3 is 10.5 Å². The summed E-state index contributed by atoms with van der Waals surface area (Å²) < 4.78 is 4.03. The van der Waals surface area contributed by atoms with E-state index >= 15 is 0 Å². The number of nitrogens with two attached hydrogens (primary N) is 1. The van der Waals surface area contributed by atoms with E-state index in [1.54, 1.807) is 0 Å². The zero-order chi connectivity index (χ0) is 11.6. The lowest BCUT2D eigenvalue weighted by Crippen LogP contribution is -2.05. The van der Waals surface area contributed by atoms with Crippen molar-refractivity contribution in [1.29, 1.82) is 0 Å². The van der Waals surface area contributed by atoms with Crippen LogP contribution in [-0.2, 0) is 19.1 Å². The van der Waals surface area contributed by atoms with E-state index in [4.69, 9.17) is 0 Å². The van der Waals surface area contributed by atoms with Crippen molar-refractivity contribution >= 4 is 17.8 Å². The molecule has 1 amide bonds. The molecule has 0 aromatic heterocycles. The van der Waals surface area contributed by atoms with E-state index in [0.29, 0.717) is 0 Å². The molecular weight excluding hydrogens is 186 g/mol. The van der Waals surface area contributed by atoms with Crippen LogP contribution in [0.3, 0.4) is 0 Å². The summed E-state index contributed by atoms with van der Waals surface area (Å²) in [6, 6.07) is 0. The van der Waals surface area contributed by atoms with Gasteiger partial charge in [0.25, 0.3) is 0 Å². The number of rotatable bonds is 3. The molecule has 0 aromatic rings. The second-order valence-electron chi connectivity index (χ2n) is 1.75. The van der Waals surface area contributed by atoms with E-state index in [-0.39, 0.29) is 0 Å². The molecule has 2 N–H and O–H groups in total. The first kappa shape index (κ1) is 14.4. The highest BCUT2D eigenvalue weighted by atomic mass is 16.6. The minimum atomic E-state index is -0.764. The zero-order valence-electron chi connectivity index (χ0n) is 7.56. The van der Waals surface area contributed by atoms with Crippen molar-refractivity contribution in [2.45, 2.75) is 0 Å². The molecule has 0 spiro atoms. The number of esters is 2. The summed E-state index contributed by atoms with van der Waals surface area (Å²) in [5.74, 6) is -2.01. The molecular formula is C9H11NO4. The predicted molar refractivity (Wildman–Crippen MR) is 50.9 cm³/mol. The van der Waals surface area contributed by atoms with Crippen LogP contribution >= 0.6 is 0 Å². The minimum absolute atomic E-state index is 0.481. The predicted octanol–water partition coefficient (Wildman–Crippen LogP) is 0.0859.